The van der Waals surface area contributed by atoms with Gasteiger partial charge in [-0.3, -0.25) is 9.59 Å². The van der Waals surface area contributed by atoms with Crippen LogP contribution in [0.4, 0.5) is 0 Å². The van der Waals surface area contributed by atoms with E-state index in [1.807, 2.05) is 12.1 Å². The summed E-state index contributed by atoms with van der Waals surface area (Å²) in [4.78, 5) is 26.2. The fourth-order valence-corrected chi connectivity index (χ4v) is 7.17. The van der Waals surface area contributed by atoms with Crippen LogP contribution in [0, 0.1) is 11.8 Å². The highest BCUT2D eigenvalue weighted by Gasteiger charge is 2.49. The van der Waals surface area contributed by atoms with Gasteiger partial charge in [-0.05, 0) is 67.0 Å². The summed E-state index contributed by atoms with van der Waals surface area (Å²) in [6, 6.07) is 8.90. The number of nitrogens with zero attached hydrogens (tertiary/aromatic N) is 1. The van der Waals surface area contributed by atoms with Crippen molar-refractivity contribution in [3.05, 3.63) is 47.0 Å². The monoisotopic (exact) mass is 427 g/mol. The van der Waals surface area contributed by atoms with Crippen LogP contribution in [0.3, 0.4) is 0 Å². The second-order valence-electron chi connectivity index (χ2n) is 8.79. The van der Waals surface area contributed by atoms with Crippen LogP contribution in [0.2, 0.25) is 0 Å². The topological polar surface area (TPSA) is 80.8 Å². The molecule has 2 aliphatic carbocycles. The molecule has 1 aliphatic heterocycles. The van der Waals surface area contributed by atoms with E-state index in [0.29, 0.717) is 33.9 Å². The van der Waals surface area contributed by atoms with Gasteiger partial charge in [0.05, 0.1) is 16.4 Å². The Morgan fingerprint density at radius 2 is 1.80 bits per heavy atom. The lowest BCUT2D eigenvalue weighted by Crippen LogP contribution is -2.44. The zero-order chi connectivity index (χ0) is 21.0. The highest BCUT2D eigenvalue weighted by atomic mass is 32.2. The predicted molar refractivity (Wildman–Crippen MR) is 112 cm³/mol. The summed E-state index contributed by atoms with van der Waals surface area (Å²) in [6.45, 7) is 2.12. The van der Waals surface area contributed by atoms with Gasteiger partial charge in [-0.2, -0.15) is 8.42 Å². The first-order valence-corrected chi connectivity index (χ1v) is 12.2. The van der Waals surface area contributed by atoms with Crippen LogP contribution in [0.1, 0.15) is 71.7 Å². The molecule has 0 saturated heterocycles. The molecule has 0 spiro atoms. The molecule has 0 radical (unpaired) electrons. The maximum Gasteiger partial charge on any atom is 0.291 e. The van der Waals surface area contributed by atoms with Crippen LogP contribution >= 0.6 is 0 Å². The molecule has 3 unspecified atom stereocenters. The maximum absolute atomic E-state index is 13.1. The number of hydrogen-bond acceptors (Lipinski definition) is 5. The van der Waals surface area contributed by atoms with Gasteiger partial charge >= 0.3 is 0 Å². The van der Waals surface area contributed by atoms with E-state index in [1.54, 1.807) is 18.2 Å². The van der Waals surface area contributed by atoms with Crippen LogP contribution in [-0.4, -0.2) is 30.5 Å². The van der Waals surface area contributed by atoms with E-state index < -0.39 is 27.2 Å². The van der Waals surface area contributed by atoms with Crippen molar-refractivity contribution in [3.63, 3.8) is 0 Å². The van der Waals surface area contributed by atoms with Crippen molar-refractivity contribution in [1.29, 1.82) is 0 Å². The minimum atomic E-state index is -4.06. The van der Waals surface area contributed by atoms with Gasteiger partial charge in [-0.25, -0.2) is 0 Å². The zero-order valence-electron chi connectivity index (χ0n) is 17.0. The van der Waals surface area contributed by atoms with E-state index in [9.17, 15) is 18.0 Å². The van der Waals surface area contributed by atoms with E-state index in [-0.39, 0.29) is 5.92 Å². The highest BCUT2D eigenvalue weighted by Crippen LogP contribution is 2.48. The van der Waals surface area contributed by atoms with Crippen molar-refractivity contribution in [3.8, 4) is 0 Å². The number of carbonyl (C=O) groups excluding carboxylic acids is 2. The van der Waals surface area contributed by atoms with Crippen LogP contribution in [0.15, 0.2) is 30.3 Å². The van der Waals surface area contributed by atoms with Gasteiger partial charge in [0.2, 0.25) is 0 Å². The fraction of sp³-hybridized carbons (Fsp3) is 0.478. The Labute approximate surface area is 176 Å². The Kier molecular flexibility index (Phi) is 4.71. The summed E-state index contributed by atoms with van der Waals surface area (Å²) in [5.41, 5.74) is 1.70. The van der Waals surface area contributed by atoms with Crippen molar-refractivity contribution in [2.75, 3.05) is 0 Å². The van der Waals surface area contributed by atoms with E-state index in [2.05, 4.69) is 6.92 Å². The molecule has 0 aromatic heterocycles. The summed E-state index contributed by atoms with van der Waals surface area (Å²) >= 11 is 0. The van der Waals surface area contributed by atoms with Crippen molar-refractivity contribution in [2.24, 2.45) is 11.8 Å². The molecule has 2 saturated carbocycles. The molecule has 2 aromatic carbocycles. The molecule has 2 amide bonds. The SMILES string of the molecule is CCCCc1ccc2c3c(cccc13)C(=O)N(OS(=O)(=O)C1CC3CCC1C3)C2=O. The number of rotatable bonds is 6. The minimum Gasteiger partial charge on any atom is -0.266 e. The number of aryl methyl sites for hydroxylation is 1. The summed E-state index contributed by atoms with van der Waals surface area (Å²) < 4.78 is 31.1. The van der Waals surface area contributed by atoms with Gasteiger partial charge in [0, 0.05) is 5.39 Å². The molecule has 6 nitrogen and oxygen atoms in total. The largest absolute Gasteiger partial charge is 0.291 e. The minimum absolute atomic E-state index is 0.0619. The smallest absolute Gasteiger partial charge is 0.266 e. The number of unbranched alkanes of at least 4 members (excludes halogenated alkanes) is 1. The third-order valence-electron chi connectivity index (χ3n) is 6.98. The van der Waals surface area contributed by atoms with Crippen LogP contribution in [0.25, 0.3) is 10.8 Å². The van der Waals surface area contributed by atoms with E-state index in [4.69, 9.17) is 4.28 Å². The van der Waals surface area contributed by atoms with Crippen molar-refractivity contribution in [2.45, 2.75) is 57.1 Å². The molecular weight excluding hydrogens is 402 g/mol. The molecule has 2 fully saturated rings. The van der Waals surface area contributed by atoms with Gasteiger partial charge in [0.15, 0.2) is 0 Å². The molecule has 5 rings (SSSR count). The standard InChI is InChI=1S/C23H25NO5S/c1-2-3-5-15-10-11-19-21-17(15)6-4-7-18(21)22(25)24(23(19)26)29-30(27,28)20-13-14-8-9-16(20)12-14/h4,6-7,10-11,14,16,20H,2-3,5,8-9,12-13H2,1H3. The Morgan fingerprint density at radius 1 is 1.03 bits per heavy atom. The lowest BCUT2D eigenvalue weighted by Gasteiger charge is -2.28. The van der Waals surface area contributed by atoms with Gasteiger partial charge < -0.3 is 0 Å². The molecule has 30 heavy (non-hydrogen) atoms. The van der Waals surface area contributed by atoms with Gasteiger partial charge in [0.25, 0.3) is 21.9 Å². The summed E-state index contributed by atoms with van der Waals surface area (Å²) in [6.07, 6.45) is 6.27. The normalized spacial score (nSPS) is 25.5. The molecule has 2 aromatic rings. The van der Waals surface area contributed by atoms with Crippen LogP contribution in [0.5, 0.6) is 0 Å². The van der Waals surface area contributed by atoms with Crippen LogP contribution < -0.4 is 0 Å². The number of carbonyl (C=O) groups is 2. The molecule has 158 valence electrons. The summed E-state index contributed by atoms with van der Waals surface area (Å²) in [5, 5.41) is 1.30. The lowest BCUT2D eigenvalue weighted by atomic mass is 9.90. The Morgan fingerprint density at radius 3 is 2.47 bits per heavy atom. The first kappa shape index (κ1) is 19.7. The summed E-state index contributed by atoms with van der Waals surface area (Å²) in [5.74, 6) is -0.955. The molecule has 3 atom stereocenters. The van der Waals surface area contributed by atoms with Gasteiger partial charge in [-0.15, -0.1) is 9.35 Å². The second kappa shape index (κ2) is 7.17. The summed E-state index contributed by atoms with van der Waals surface area (Å²) in [7, 11) is -4.06. The Balaban J connectivity index is 1.51. The average molecular weight is 428 g/mol. The first-order chi connectivity index (χ1) is 14.4. The molecule has 0 N–H and O–H groups in total. The van der Waals surface area contributed by atoms with Gasteiger partial charge in [0.1, 0.15) is 0 Å². The van der Waals surface area contributed by atoms with Crippen molar-refractivity contribution >= 4 is 32.7 Å². The zero-order valence-corrected chi connectivity index (χ0v) is 17.8. The predicted octanol–water partition coefficient (Wildman–Crippen LogP) is 4.23. The number of fused-ring (bicyclic) bond motifs is 2. The van der Waals surface area contributed by atoms with Crippen molar-refractivity contribution in [1.82, 2.24) is 5.06 Å². The quantitative estimate of drug-likeness (QED) is 0.645. The fourth-order valence-electron chi connectivity index (χ4n) is 5.49. The average Bonchev–Trinajstić information content (AvgIpc) is 3.38. The van der Waals surface area contributed by atoms with E-state index in [1.165, 1.54) is 0 Å². The van der Waals surface area contributed by atoms with E-state index >= 15 is 0 Å². The Hall–Kier alpha value is -2.25. The van der Waals surface area contributed by atoms with Gasteiger partial charge in [-0.1, -0.05) is 38.0 Å². The van der Waals surface area contributed by atoms with E-state index in [0.717, 1.165) is 49.5 Å². The number of hydrogen-bond donors (Lipinski definition) is 0. The Bertz CT molecular complexity index is 1130. The second-order valence-corrected chi connectivity index (χ2v) is 10.5. The van der Waals surface area contributed by atoms with Crippen molar-refractivity contribution < 1.29 is 22.3 Å². The third kappa shape index (κ3) is 2.98. The first-order valence-electron chi connectivity index (χ1n) is 10.8. The number of hydroxylamine groups is 2. The maximum atomic E-state index is 13.1. The number of amides is 2. The lowest BCUT2D eigenvalue weighted by molar-refractivity contribution is -0.0166. The van der Waals surface area contributed by atoms with Crippen LogP contribution in [-0.2, 0) is 20.8 Å². The number of imide groups is 1. The molecule has 7 heteroatoms. The molecule has 3 aliphatic rings. The molecule has 2 bridgehead atoms. The number of benzene rings is 2. The third-order valence-corrected chi connectivity index (χ3v) is 8.66. The molecule has 1 heterocycles. The highest BCUT2D eigenvalue weighted by molar-refractivity contribution is 7.87. The molecular formula is C23H25NO5S.